The molecule has 0 aliphatic heterocycles. The number of benzene rings is 4. The van der Waals surface area contributed by atoms with Gasteiger partial charge in [0, 0.05) is 28.0 Å². The van der Waals surface area contributed by atoms with E-state index in [0.717, 1.165) is 15.4 Å². The highest BCUT2D eigenvalue weighted by Crippen LogP contribution is 2.27. The summed E-state index contributed by atoms with van der Waals surface area (Å²) in [5, 5.41) is 3.56. The van der Waals surface area contributed by atoms with E-state index in [9.17, 15) is 18.0 Å². The van der Waals surface area contributed by atoms with E-state index < -0.39 is 34.1 Å². The lowest BCUT2D eigenvalue weighted by atomic mass is 10.0. The molecule has 4 rings (SSSR count). The van der Waals surface area contributed by atoms with Gasteiger partial charge in [0.05, 0.1) is 10.6 Å². The monoisotopic (exact) mass is 695 g/mol. The van der Waals surface area contributed by atoms with E-state index >= 15 is 0 Å². The summed E-state index contributed by atoms with van der Waals surface area (Å²) < 4.78 is 29.8. The van der Waals surface area contributed by atoms with Crippen LogP contribution in [-0.4, -0.2) is 43.3 Å². The molecule has 0 aromatic heterocycles. The van der Waals surface area contributed by atoms with Crippen LogP contribution in [0.5, 0.6) is 0 Å². The van der Waals surface area contributed by atoms with E-state index in [4.69, 9.17) is 11.6 Å². The highest BCUT2D eigenvalue weighted by Gasteiger charge is 2.35. The Morgan fingerprint density at radius 3 is 2.05 bits per heavy atom. The van der Waals surface area contributed by atoms with Gasteiger partial charge in [-0.2, -0.15) is 0 Å². The zero-order chi connectivity index (χ0) is 31.9. The van der Waals surface area contributed by atoms with Crippen molar-refractivity contribution in [3.63, 3.8) is 0 Å². The molecule has 4 aromatic carbocycles. The maximum atomic E-state index is 14.5. The predicted octanol–water partition coefficient (Wildman–Crippen LogP) is 6.85. The number of carbonyl (C=O) groups is 2. The third kappa shape index (κ3) is 8.94. The fourth-order valence-electron chi connectivity index (χ4n) is 4.67. The second kappa shape index (κ2) is 14.4. The van der Waals surface area contributed by atoms with Crippen molar-refractivity contribution in [3.05, 3.63) is 130 Å². The van der Waals surface area contributed by atoms with Crippen LogP contribution >= 0.6 is 27.5 Å². The van der Waals surface area contributed by atoms with Crippen molar-refractivity contribution < 1.29 is 18.0 Å². The number of halogens is 2. The van der Waals surface area contributed by atoms with Gasteiger partial charge < -0.3 is 10.2 Å². The van der Waals surface area contributed by atoms with Crippen LogP contribution in [0.2, 0.25) is 5.02 Å². The number of hydrogen-bond acceptors (Lipinski definition) is 4. The zero-order valence-corrected chi connectivity index (χ0v) is 27.9. The average Bonchev–Trinajstić information content (AvgIpc) is 2.98. The molecule has 230 valence electrons. The molecule has 7 nitrogen and oxygen atoms in total. The van der Waals surface area contributed by atoms with Crippen LogP contribution < -0.4 is 9.62 Å². The van der Waals surface area contributed by atoms with Crippen molar-refractivity contribution >= 4 is 55.1 Å². The minimum Gasteiger partial charge on any atom is -0.350 e. The molecule has 0 unspecified atom stereocenters. The Hall–Kier alpha value is -3.66. The molecule has 0 saturated carbocycles. The Labute approximate surface area is 273 Å². The molecule has 0 radical (unpaired) electrons. The van der Waals surface area contributed by atoms with Crippen LogP contribution in [0.3, 0.4) is 0 Å². The van der Waals surface area contributed by atoms with Gasteiger partial charge >= 0.3 is 0 Å². The first-order chi connectivity index (χ1) is 20.8. The second-order valence-corrected chi connectivity index (χ2v) is 14.6. The third-order valence-electron chi connectivity index (χ3n) is 6.74. The molecule has 0 aliphatic rings. The fourth-order valence-corrected chi connectivity index (χ4v) is 6.61. The molecule has 0 heterocycles. The van der Waals surface area contributed by atoms with Gasteiger partial charge in [0.25, 0.3) is 10.0 Å². The first kappa shape index (κ1) is 33.2. The Balaban J connectivity index is 1.81. The van der Waals surface area contributed by atoms with Crippen molar-refractivity contribution in [3.8, 4) is 0 Å². The number of hydrogen-bond donors (Lipinski definition) is 1. The van der Waals surface area contributed by atoms with Crippen LogP contribution in [0.15, 0.2) is 119 Å². The largest absolute Gasteiger partial charge is 0.350 e. The quantitative estimate of drug-likeness (QED) is 0.186. The summed E-state index contributed by atoms with van der Waals surface area (Å²) in [6.45, 7) is 5.14. The second-order valence-electron chi connectivity index (χ2n) is 11.4. The molecular formula is C34H35BrClN3O4S. The summed E-state index contributed by atoms with van der Waals surface area (Å²) in [4.78, 5) is 29.9. The van der Waals surface area contributed by atoms with Gasteiger partial charge in [-0.25, -0.2) is 8.42 Å². The van der Waals surface area contributed by atoms with E-state index in [0.29, 0.717) is 15.2 Å². The minimum atomic E-state index is -4.16. The van der Waals surface area contributed by atoms with E-state index in [1.165, 1.54) is 17.0 Å². The van der Waals surface area contributed by atoms with Crippen molar-refractivity contribution in [2.75, 3.05) is 10.8 Å². The Kier molecular flexibility index (Phi) is 10.9. The van der Waals surface area contributed by atoms with Gasteiger partial charge in [0.15, 0.2) is 0 Å². The van der Waals surface area contributed by atoms with Crippen molar-refractivity contribution in [1.82, 2.24) is 10.2 Å². The minimum absolute atomic E-state index is 0.0448. The van der Waals surface area contributed by atoms with Crippen LogP contribution in [0.4, 0.5) is 5.69 Å². The SMILES string of the molecule is CC(C)(C)NC(=O)[C@H](Cc1ccccc1)N(Cc1ccc(Cl)cc1)C(=O)CN(c1cccc(Br)c1)S(=O)(=O)c1ccccc1. The van der Waals surface area contributed by atoms with Crippen LogP contribution in [-0.2, 0) is 32.6 Å². The number of amides is 2. The summed E-state index contributed by atoms with van der Waals surface area (Å²) in [5.41, 5.74) is 1.34. The highest BCUT2D eigenvalue weighted by atomic mass is 79.9. The lowest BCUT2D eigenvalue weighted by Crippen LogP contribution is -2.56. The average molecular weight is 697 g/mol. The predicted molar refractivity (Wildman–Crippen MR) is 179 cm³/mol. The maximum absolute atomic E-state index is 14.5. The van der Waals surface area contributed by atoms with Gasteiger partial charge in [-0.3, -0.25) is 13.9 Å². The number of carbonyl (C=O) groups excluding carboxylic acids is 2. The van der Waals surface area contributed by atoms with E-state index in [1.807, 2.05) is 51.1 Å². The van der Waals surface area contributed by atoms with Gasteiger partial charge in [-0.1, -0.05) is 94.3 Å². The molecular weight excluding hydrogens is 662 g/mol. The van der Waals surface area contributed by atoms with E-state index in [2.05, 4.69) is 21.2 Å². The number of sulfonamides is 1. The van der Waals surface area contributed by atoms with E-state index in [-0.39, 0.29) is 23.8 Å². The first-order valence-electron chi connectivity index (χ1n) is 14.1. The highest BCUT2D eigenvalue weighted by molar-refractivity contribution is 9.10. The number of nitrogens with one attached hydrogen (secondary N) is 1. The van der Waals surface area contributed by atoms with Gasteiger partial charge in [0.1, 0.15) is 12.6 Å². The van der Waals surface area contributed by atoms with Crippen molar-refractivity contribution in [2.24, 2.45) is 0 Å². The molecule has 0 saturated heterocycles. The standard InChI is InChI=1S/C34H35BrClN3O4S/c1-34(2,3)37-33(41)31(21-25-11-6-4-7-12-25)38(23-26-17-19-28(36)20-18-26)32(40)24-39(29-14-10-13-27(35)22-29)44(42,43)30-15-8-5-9-16-30/h4-20,22,31H,21,23-24H2,1-3H3,(H,37,41)/t31-/m0/s1. The van der Waals surface area contributed by atoms with Crippen LogP contribution in [0.1, 0.15) is 31.9 Å². The van der Waals surface area contributed by atoms with Crippen LogP contribution in [0, 0.1) is 0 Å². The topological polar surface area (TPSA) is 86.8 Å². The summed E-state index contributed by atoms with van der Waals surface area (Å²) in [6.07, 6.45) is 0.227. The number of nitrogens with zero attached hydrogens (tertiary/aromatic N) is 2. The lowest BCUT2D eigenvalue weighted by molar-refractivity contribution is -0.140. The van der Waals surface area contributed by atoms with Gasteiger partial charge in [-0.15, -0.1) is 0 Å². The molecule has 0 bridgehead atoms. The number of anilines is 1. The summed E-state index contributed by atoms with van der Waals surface area (Å²) in [5.74, 6) is -0.881. The van der Waals surface area contributed by atoms with Crippen molar-refractivity contribution in [1.29, 1.82) is 0 Å². The summed E-state index contributed by atoms with van der Waals surface area (Å²) in [6, 6.07) is 30.2. The summed E-state index contributed by atoms with van der Waals surface area (Å²) in [7, 11) is -4.16. The Bertz CT molecular complexity index is 1680. The normalized spacial score (nSPS) is 12.3. The smallest absolute Gasteiger partial charge is 0.264 e. The third-order valence-corrected chi connectivity index (χ3v) is 9.28. The van der Waals surface area contributed by atoms with Crippen molar-refractivity contribution in [2.45, 2.75) is 50.2 Å². The van der Waals surface area contributed by atoms with Gasteiger partial charge in [-0.05, 0) is 74.4 Å². The zero-order valence-electron chi connectivity index (χ0n) is 24.8. The molecule has 0 fully saturated rings. The maximum Gasteiger partial charge on any atom is 0.264 e. The van der Waals surface area contributed by atoms with E-state index in [1.54, 1.807) is 66.7 Å². The molecule has 4 aromatic rings. The number of rotatable bonds is 11. The molecule has 0 spiro atoms. The molecule has 10 heteroatoms. The molecule has 1 atom stereocenters. The lowest BCUT2D eigenvalue weighted by Gasteiger charge is -2.35. The van der Waals surface area contributed by atoms with Crippen LogP contribution in [0.25, 0.3) is 0 Å². The Morgan fingerprint density at radius 2 is 1.45 bits per heavy atom. The molecule has 0 aliphatic carbocycles. The molecule has 2 amide bonds. The fraction of sp³-hybridized carbons (Fsp3) is 0.235. The molecule has 1 N–H and O–H groups in total. The first-order valence-corrected chi connectivity index (χ1v) is 16.7. The van der Waals surface area contributed by atoms with Gasteiger partial charge in [0.2, 0.25) is 11.8 Å². The molecule has 44 heavy (non-hydrogen) atoms. The Morgan fingerprint density at radius 1 is 0.841 bits per heavy atom. The summed E-state index contributed by atoms with van der Waals surface area (Å²) >= 11 is 9.57.